The average Bonchev–Trinajstić information content (AvgIpc) is 2.53. The molecule has 7 heteroatoms. The number of hydrogen-bond acceptors (Lipinski definition) is 3. The summed E-state index contributed by atoms with van der Waals surface area (Å²) in [5, 5.41) is 2.53. The molecule has 2 aromatic rings. The molecule has 120 valence electrons. The second-order valence-electron chi connectivity index (χ2n) is 4.99. The molecule has 2 aromatic carbocycles. The van der Waals surface area contributed by atoms with E-state index in [2.05, 4.69) is 5.32 Å². The number of halogens is 2. The lowest BCUT2D eigenvalue weighted by Gasteiger charge is -2.26. The Morgan fingerprint density at radius 2 is 1.75 bits per heavy atom. The van der Waals surface area contributed by atoms with E-state index in [4.69, 9.17) is 11.6 Å². The first-order chi connectivity index (χ1) is 11.5. The zero-order chi connectivity index (χ0) is 17.3. The van der Waals surface area contributed by atoms with Crippen molar-refractivity contribution < 1.29 is 18.8 Å². The van der Waals surface area contributed by atoms with Gasteiger partial charge in [-0.15, -0.1) is 0 Å². The van der Waals surface area contributed by atoms with Crippen LogP contribution in [0.3, 0.4) is 0 Å². The predicted octanol–water partition coefficient (Wildman–Crippen LogP) is 3.15. The monoisotopic (exact) mass is 344 g/mol. The second kappa shape index (κ2) is 6.25. The van der Waals surface area contributed by atoms with Crippen LogP contribution in [0.2, 0.25) is 5.02 Å². The summed E-state index contributed by atoms with van der Waals surface area (Å²) < 4.78 is 13.3. The zero-order valence-electron chi connectivity index (χ0n) is 12.1. The van der Waals surface area contributed by atoms with E-state index in [1.54, 1.807) is 6.07 Å². The molecule has 0 saturated carbocycles. The van der Waals surface area contributed by atoms with Gasteiger partial charge in [-0.1, -0.05) is 23.7 Å². The molecule has 0 radical (unpaired) electrons. The lowest BCUT2D eigenvalue weighted by atomic mass is 10.1. The Labute approximate surface area is 141 Å². The third-order valence-corrected chi connectivity index (χ3v) is 3.60. The molecule has 0 aliphatic carbocycles. The predicted molar refractivity (Wildman–Crippen MR) is 86.9 cm³/mol. The fourth-order valence-electron chi connectivity index (χ4n) is 2.25. The summed E-state index contributed by atoms with van der Waals surface area (Å²) >= 11 is 5.79. The topological polar surface area (TPSA) is 66.5 Å². The zero-order valence-corrected chi connectivity index (χ0v) is 12.9. The number of amides is 4. The lowest BCUT2D eigenvalue weighted by molar-refractivity contribution is -0.122. The van der Waals surface area contributed by atoms with Crippen molar-refractivity contribution >= 4 is 41.2 Å². The number of carbonyl (C=O) groups is 3. The molecule has 1 heterocycles. The molecule has 0 unspecified atom stereocenters. The number of nitrogens with one attached hydrogen (secondary N) is 1. The van der Waals surface area contributed by atoms with Gasteiger partial charge in [-0.2, -0.15) is 0 Å². The van der Waals surface area contributed by atoms with Gasteiger partial charge in [0.2, 0.25) is 0 Å². The third kappa shape index (κ3) is 3.04. The highest BCUT2D eigenvalue weighted by Crippen LogP contribution is 2.23. The summed E-state index contributed by atoms with van der Waals surface area (Å²) in [4.78, 5) is 37.4. The SMILES string of the molecule is O=C1NC(=O)N(c2ccc(Cl)cc2)C(=O)/C1=C/c1cccc(F)c1. The molecular weight excluding hydrogens is 335 g/mol. The van der Waals surface area contributed by atoms with Crippen LogP contribution in [0.4, 0.5) is 14.9 Å². The number of benzene rings is 2. The van der Waals surface area contributed by atoms with Crippen molar-refractivity contribution in [3.8, 4) is 0 Å². The number of nitrogens with zero attached hydrogens (tertiary/aromatic N) is 1. The molecule has 1 aliphatic rings. The molecule has 4 amide bonds. The Kier molecular flexibility index (Phi) is 4.14. The summed E-state index contributed by atoms with van der Waals surface area (Å²) in [7, 11) is 0. The first-order valence-corrected chi connectivity index (χ1v) is 7.26. The first kappa shape index (κ1) is 15.9. The number of urea groups is 1. The summed E-state index contributed by atoms with van der Waals surface area (Å²) in [5.74, 6) is -2.13. The van der Waals surface area contributed by atoms with Crippen molar-refractivity contribution in [3.63, 3.8) is 0 Å². The van der Waals surface area contributed by atoms with E-state index in [0.29, 0.717) is 10.6 Å². The Bertz CT molecular complexity index is 878. The van der Waals surface area contributed by atoms with Gasteiger partial charge in [0.05, 0.1) is 5.69 Å². The van der Waals surface area contributed by atoms with E-state index < -0.39 is 23.7 Å². The molecular formula is C17H10ClFN2O3. The van der Waals surface area contributed by atoms with Gasteiger partial charge in [0.25, 0.3) is 11.8 Å². The number of carbonyl (C=O) groups excluding carboxylic acids is 3. The van der Waals surface area contributed by atoms with Crippen LogP contribution in [-0.2, 0) is 9.59 Å². The number of barbiturate groups is 1. The molecule has 0 atom stereocenters. The molecule has 0 bridgehead atoms. The molecule has 1 fully saturated rings. The van der Waals surface area contributed by atoms with Crippen molar-refractivity contribution in [2.24, 2.45) is 0 Å². The van der Waals surface area contributed by atoms with Gasteiger partial charge in [-0.05, 0) is 48.0 Å². The molecule has 3 rings (SSSR count). The quantitative estimate of drug-likeness (QED) is 0.672. The van der Waals surface area contributed by atoms with E-state index >= 15 is 0 Å². The van der Waals surface area contributed by atoms with Crippen molar-refractivity contribution in [2.75, 3.05) is 4.90 Å². The van der Waals surface area contributed by atoms with Gasteiger partial charge in [-0.25, -0.2) is 14.1 Å². The maximum Gasteiger partial charge on any atom is 0.335 e. The molecule has 5 nitrogen and oxygen atoms in total. The lowest BCUT2D eigenvalue weighted by Crippen LogP contribution is -2.54. The highest BCUT2D eigenvalue weighted by molar-refractivity contribution is 6.39. The maximum atomic E-state index is 13.3. The fraction of sp³-hybridized carbons (Fsp3) is 0. The van der Waals surface area contributed by atoms with Gasteiger partial charge in [0.15, 0.2) is 0 Å². The van der Waals surface area contributed by atoms with Crippen LogP contribution in [0.1, 0.15) is 5.56 Å². The van der Waals surface area contributed by atoms with Crippen molar-refractivity contribution in [1.82, 2.24) is 5.32 Å². The fourth-order valence-corrected chi connectivity index (χ4v) is 2.37. The largest absolute Gasteiger partial charge is 0.335 e. The van der Waals surface area contributed by atoms with Crippen LogP contribution < -0.4 is 10.2 Å². The van der Waals surface area contributed by atoms with Crippen molar-refractivity contribution in [1.29, 1.82) is 0 Å². The van der Waals surface area contributed by atoms with E-state index in [-0.39, 0.29) is 11.3 Å². The average molecular weight is 345 g/mol. The van der Waals surface area contributed by atoms with Crippen molar-refractivity contribution in [2.45, 2.75) is 0 Å². The summed E-state index contributed by atoms with van der Waals surface area (Å²) in [6.45, 7) is 0. The van der Waals surface area contributed by atoms with Crippen LogP contribution in [0.15, 0.2) is 54.1 Å². The van der Waals surface area contributed by atoms with Crippen molar-refractivity contribution in [3.05, 3.63) is 70.5 Å². The first-order valence-electron chi connectivity index (χ1n) is 6.88. The van der Waals surface area contributed by atoms with Crippen LogP contribution in [0.5, 0.6) is 0 Å². The highest BCUT2D eigenvalue weighted by Gasteiger charge is 2.36. The highest BCUT2D eigenvalue weighted by atomic mass is 35.5. The van der Waals surface area contributed by atoms with E-state index in [1.807, 2.05) is 0 Å². The molecule has 0 aromatic heterocycles. The van der Waals surface area contributed by atoms with Gasteiger partial charge in [0, 0.05) is 5.02 Å². The summed E-state index contributed by atoms with van der Waals surface area (Å²) in [5.41, 5.74) is 0.327. The van der Waals surface area contributed by atoms with Gasteiger partial charge in [-0.3, -0.25) is 14.9 Å². The molecule has 1 saturated heterocycles. The van der Waals surface area contributed by atoms with E-state index in [9.17, 15) is 18.8 Å². The van der Waals surface area contributed by atoms with Gasteiger partial charge in [0.1, 0.15) is 11.4 Å². The maximum absolute atomic E-state index is 13.3. The van der Waals surface area contributed by atoms with E-state index in [0.717, 1.165) is 4.90 Å². The van der Waals surface area contributed by atoms with Crippen LogP contribution in [0.25, 0.3) is 6.08 Å². The van der Waals surface area contributed by atoms with Crippen LogP contribution in [0, 0.1) is 5.82 Å². The minimum atomic E-state index is -0.858. The second-order valence-corrected chi connectivity index (χ2v) is 5.43. The number of imide groups is 2. The molecule has 0 spiro atoms. The normalized spacial score (nSPS) is 16.5. The smallest absolute Gasteiger partial charge is 0.273 e. The minimum absolute atomic E-state index is 0.263. The Morgan fingerprint density at radius 3 is 2.42 bits per heavy atom. The molecule has 1 N–H and O–H groups in total. The third-order valence-electron chi connectivity index (χ3n) is 3.35. The number of rotatable bonds is 2. The minimum Gasteiger partial charge on any atom is -0.273 e. The van der Waals surface area contributed by atoms with Crippen LogP contribution >= 0.6 is 11.6 Å². The van der Waals surface area contributed by atoms with Crippen LogP contribution in [-0.4, -0.2) is 17.8 Å². The standard InChI is InChI=1S/C17H10ClFN2O3/c18-11-4-6-13(7-5-11)21-16(23)14(15(22)20-17(21)24)9-10-2-1-3-12(19)8-10/h1-9H,(H,20,22,24)/b14-9+. The summed E-state index contributed by atoms with van der Waals surface area (Å²) in [6, 6.07) is 10.6. The van der Waals surface area contributed by atoms with E-state index in [1.165, 1.54) is 48.5 Å². The summed E-state index contributed by atoms with van der Waals surface area (Å²) in [6.07, 6.45) is 1.23. The molecule has 1 aliphatic heterocycles. The molecule has 24 heavy (non-hydrogen) atoms. The Balaban J connectivity index is 2.01. The number of anilines is 1. The van der Waals surface area contributed by atoms with Gasteiger partial charge >= 0.3 is 6.03 Å². The number of hydrogen-bond donors (Lipinski definition) is 1. The van der Waals surface area contributed by atoms with Gasteiger partial charge < -0.3 is 0 Å². The Hall–Kier alpha value is -2.99. The Morgan fingerprint density at radius 1 is 1.04 bits per heavy atom.